The van der Waals surface area contributed by atoms with Crippen LogP contribution in [0.15, 0.2) is 42.5 Å². The van der Waals surface area contributed by atoms with E-state index in [9.17, 15) is 0 Å². The topological polar surface area (TPSA) is 69.9 Å². The van der Waals surface area contributed by atoms with Gasteiger partial charge < -0.3 is 16.0 Å². The molecule has 0 unspecified atom stereocenters. The SMILES string of the molecule is Cc1ccc(-c2nc3ccccc3n2CCC(N)=S)cc1N. The van der Waals surface area contributed by atoms with E-state index in [0.29, 0.717) is 18.0 Å². The fourth-order valence-corrected chi connectivity index (χ4v) is 2.62. The molecule has 0 aliphatic rings. The molecule has 22 heavy (non-hydrogen) atoms. The van der Waals surface area contributed by atoms with Crippen LogP contribution in [0.25, 0.3) is 22.4 Å². The molecule has 0 bridgehead atoms. The molecule has 112 valence electrons. The van der Waals surface area contributed by atoms with E-state index in [0.717, 1.165) is 33.7 Å². The minimum Gasteiger partial charge on any atom is -0.398 e. The van der Waals surface area contributed by atoms with E-state index >= 15 is 0 Å². The molecule has 0 saturated carbocycles. The van der Waals surface area contributed by atoms with Crippen LogP contribution in [-0.4, -0.2) is 14.5 Å². The third kappa shape index (κ3) is 2.67. The Balaban J connectivity index is 2.16. The summed E-state index contributed by atoms with van der Waals surface area (Å²) < 4.78 is 2.15. The summed E-state index contributed by atoms with van der Waals surface area (Å²) in [6.07, 6.45) is 0.643. The van der Waals surface area contributed by atoms with Gasteiger partial charge in [-0.2, -0.15) is 0 Å². The zero-order valence-corrected chi connectivity index (χ0v) is 13.2. The van der Waals surface area contributed by atoms with E-state index in [1.54, 1.807) is 0 Å². The molecular formula is C17H18N4S. The predicted molar refractivity (Wildman–Crippen MR) is 95.7 cm³/mol. The first-order chi connectivity index (χ1) is 10.6. The quantitative estimate of drug-likeness (QED) is 0.573. The van der Waals surface area contributed by atoms with E-state index in [2.05, 4.69) is 10.6 Å². The normalized spacial score (nSPS) is 11.0. The van der Waals surface area contributed by atoms with Crippen molar-refractivity contribution in [2.24, 2.45) is 5.73 Å². The largest absolute Gasteiger partial charge is 0.398 e. The van der Waals surface area contributed by atoms with Gasteiger partial charge in [0.25, 0.3) is 0 Å². The predicted octanol–water partition coefficient (Wildman–Crippen LogP) is 3.27. The van der Waals surface area contributed by atoms with Crippen LogP contribution < -0.4 is 11.5 Å². The molecule has 3 rings (SSSR count). The minimum absolute atomic E-state index is 0.507. The Morgan fingerprint density at radius 3 is 2.73 bits per heavy atom. The van der Waals surface area contributed by atoms with Gasteiger partial charge >= 0.3 is 0 Å². The molecule has 0 fully saturated rings. The van der Waals surface area contributed by atoms with Gasteiger partial charge in [-0.1, -0.05) is 36.5 Å². The summed E-state index contributed by atoms with van der Waals surface area (Å²) in [5.74, 6) is 0.893. The lowest BCUT2D eigenvalue weighted by molar-refractivity contribution is 0.757. The number of thiocarbonyl (C=S) groups is 1. The number of hydrogen-bond donors (Lipinski definition) is 2. The number of fused-ring (bicyclic) bond motifs is 1. The average molecular weight is 310 g/mol. The number of aryl methyl sites for hydroxylation is 2. The summed E-state index contributed by atoms with van der Waals surface area (Å²) in [4.78, 5) is 5.26. The molecule has 0 atom stereocenters. The summed E-state index contributed by atoms with van der Waals surface area (Å²) >= 11 is 5.01. The Bertz CT molecular complexity index is 851. The van der Waals surface area contributed by atoms with E-state index in [4.69, 9.17) is 28.7 Å². The summed E-state index contributed by atoms with van der Waals surface area (Å²) in [7, 11) is 0. The van der Waals surface area contributed by atoms with Crippen LogP contribution in [0.4, 0.5) is 5.69 Å². The second-order valence-electron chi connectivity index (χ2n) is 5.36. The van der Waals surface area contributed by atoms with Gasteiger partial charge in [-0.15, -0.1) is 0 Å². The van der Waals surface area contributed by atoms with Gasteiger partial charge in [0, 0.05) is 24.2 Å². The van der Waals surface area contributed by atoms with Gasteiger partial charge in [-0.05, 0) is 30.7 Å². The van der Waals surface area contributed by atoms with Crippen LogP contribution in [0.3, 0.4) is 0 Å². The van der Waals surface area contributed by atoms with Crippen molar-refractivity contribution in [3.05, 3.63) is 48.0 Å². The van der Waals surface area contributed by atoms with Gasteiger partial charge in [0.05, 0.1) is 16.0 Å². The lowest BCUT2D eigenvalue weighted by atomic mass is 10.1. The fraction of sp³-hybridized carbons (Fsp3) is 0.176. The molecule has 2 aromatic carbocycles. The Hall–Kier alpha value is -2.40. The van der Waals surface area contributed by atoms with Crippen LogP contribution in [0.2, 0.25) is 0 Å². The summed E-state index contributed by atoms with van der Waals surface area (Å²) in [6.45, 7) is 2.70. The van der Waals surface area contributed by atoms with Crippen LogP contribution in [-0.2, 0) is 6.54 Å². The number of nitrogen functional groups attached to an aromatic ring is 1. The van der Waals surface area contributed by atoms with Gasteiger partial charge in [0.2, 0.25) is 0 Å². The number of benzene rings is 2. The fourth-order valence-electron chi connectivity index (χ4n) is 2.52. The standard InChI is InChI=1S/C17H18N4S/c1-11-6-7-12(10-13(11)18)17-20-14-4-2-3-5-15(14)21(17)9-8-16(19)22/h2-7,10H,8-9,18H2,1H3,(H2,19,22). The van der Waals surface area contributed by atoms with Crippen molar-refractivity contribution in [1.29, 1.82) is 0 Å². The highest BCUT2D eigenvalue weighted by Crippen LogP contribution is 2.27. The smallest absolute Gasteiger partial charge is 0.141 e. The highest BCUT2D eigenvalue weighted by Gasteiger charge is 2.13. The van der Waals surface area contributed by atoms with Crippen molar-refractivity contribution in [2.45, 2.75) is 19.9 Å². The van der Waals surface area contributed by atoms with Crippen LogP contribution >= 0.6 is 12.2 Å². The first-order valence-corrected chi connectivity index (χ1v) is 7.57. The molecule has 4 nitrogen and oxygen atoms in total. The van der Waals surface area contributed by atoms with Crippen LogP contribution in [0, 0.1) is 6.92 Å². The third-order valence-corrected chi connectivity index (χ3v) is 3.98. The van der Waals surface area contributed by atoms with Crippen LogP contribution in [0.5, 0.6) is 0 Å². The monoisotopic (exact) mass is 310 g/mol. The molecule has 0 saturated heterocycles. The summed E-state index contributed by atoms with van der Waals surface area (Å²) in [5, 5.41) is 0. The lowest BCUT2D eigenvalue weighted by Crippen LogP contribution is -2.12. The van der Waals surface area contributed by atoms with Gasteiger partial charge in [-0.25, -0.2) is 4.98 Å². The van der Waals surface area contributed by atoms with Crippen LogP contribution in [0.1, 0.15) is 12.0 Å². The maximum Gasteiger partial charge on any atom is 0.141 e. The molecule has 0 aliphatic heterocycles. The Kier molecular flexibility index (Phi) is 3.81. The number of rotatable bonds is 4. The zero-order chi connectivity index (χ0) is 15.7. The van der Waals surface area contributed by atoms with Crippen molar-refractivity contribution in [2.75, 3.05) is 5.73 Å². The highest BCUT2D eigenvalue weighted by atomic mass is 32.1. The first kappa shape index (κ1) is 14.5. The number of para-hydroxylation sites is 2. The molecule has 0 radical (unpaired) electrons. The molecular weight excluding hydrogens is 292 g/mol. The average Bonchev–Trinajstić information content (AvgIpc) is 2.86. The second kappa shape index (κ2) is 5.77. The molecule has 1 heterocycles. The van der Waals surface area contributed by atoms with Gasteiger partial charge in [-0.3, -0.25) is 0 Å². The van der Waals surface area contributed by atoms with E-state index in [1.165, 1.54) is 0 Å². The first-order valence-electron chi connectivity index (χ1n) is 7.16. The number of nitrogens with zero attached hydrogens (tertiary/aromatic N) is 2. The molecule has 5 heteroatoms. The Labute approximate surface area is 134 Å². The summed E-state index contributed by atoms with van der Waals surface area (Å²) in [5.41, 5.74) is 16.6. The van der Waals surface area contributed by atoms with Gasteiger partial charge in [0.1, 0.15) is 5.82 Å². The number of anilines is 1. The molecule has 0 aliphatic carbocycles. The van der Waals surface area contributed by atoms with Gasteiger partial charge in [0.15, 0.2) is 0 Å². The van der Waals surface area contributed by atoms with Crippen molar-refractivity contribution in [1.82, 2.24) is 9.55 Å². The molecule has 0 amide bonds. The lowest BCUT2D eigenvalue weighted by Gasteiger charge is -2.10. The summed E-state index contributed by atoms with van der Waals surface area (Å²) in [6, 6.07) is 14.1. The van der Waals surface area contributed by atoms with E-state index in [-0.39, 0.29) is 0 Å². The maximum absolute atomic E-state index is 6.05. The molecule has 0 spiro atoms. The second-order valence-corrected chi connectivity index (χ2v) is 5.89. The number of imidazole rings is 1. The van der Waals surface area contributed by atoms with Crippen molar-refractivity contribution >= 4 is 33.9 Å². The van der Waals surface area contributed by atoms with Crippen molar-refractivity contribution in [3.8, 4) is 11.4 Å². The Morgan fingerprint density at radius 2 is 2.00 bits per heavy atom. The number of hydrogen-bond acceptors (Lipinski definition) is 3. The van der Waals surface area contributed by atoms with Crippen molar-refractivity contribution in [3.63, 3.8) is 0 Å². The molecule has 3 aromatic rings. The third-order valence-electron chi connectivity index (χ3n) is 3.77. The zero-order valence-electron chi connectivity index (χ0n) is 12.4. The minimum atomic E-state index is 0.507. The van der Waals surface area contributed by atoms with E-state index < -0.39 is 0 Å². The number of aromatic nitrogens is 2. The maximum atomic E-state index is 6.05. The Morgan fingerprint density at radius 1 is 1.23 bits per heavy atom. The van der Waals surface area contributed by atoms with E-state index in [1.807, 2.05) is 43.3 Å². The number of nitrogens with two attached hydrogens (primary N) is 2. The highest BCUT2D eigenvalue weighted by molar-refractivity contribution is 7.80. The van der Waals surface area contributed by atoms with Crippen molar-refractivity contribution < 1.29 is 0 Å². The molecule has 4 N–H and O–H groups in total. The molecule has 1 aromatic heterocycles.